The zero-order valence-electron chi connectivity index (χ0n) is 18.5. The number of nitrogens with one attached hydrogen (secondary N) is 2. The van der Waals surface area contributed by atoms with Gasteiger partial charge in [0.2, 0.25) is 5.91 Å². The van der Waals surface area contributed by atoms with Gasteiger partial charge < -0.3 is 14.8 Å². The van der Waals surface area contributed by atoms with Crippen LogP contribution in [0.4, 0.5) is 0 Å². The number of hydrogen-bond donors (Lipinski definition) is 2. The van der Waals surface area contributed by atoms with Gasteiger partial charge >= 0.3 is 0 Å². The fraction of sp³-hybridized carbons (Fsp3) is 0.905. The summed E-state index contributed by atoms with van der Waals surface area (Å²) in [6, 6.07) is 2.16. The minimum Gasteiger partial charge on any atom is -0.378 e. The number of hydrogen-bond acceptors (Lipinski definition) is 5. The quantitative estimate of drug-likeness (QED) is 0.420. The van der Waals surface area contributed by atoms with Crippen molar-refractivity contribution in [1.82, 2.24) is 10.6 Å². The summed E-state index contributed by atoms with van der Waals surface area (Å²) in [5.41, 5.74) is -0.520. The van der Waals surface area contributed by atoms with Crippen LogP contribution in [0.1, 0.15) is 73.6 Å². The van der Waals surface area contributed by atoms with E-state index in [1.807, 2.05) is 27.7 Å². The molecule has 27 heavy (non-hydrogen) atoms. The molecule has 0 bridgehead atoms. The molecule has 0 aromatic carbocycles. The van der Waals surface area contributed by atoms with Gasteiger partial charge in [-0.1, -0.05) is 53.4 Å². The molecular formula is C21H43N3O3. The summed E-state index contributed by atoms with van der Waals surface area (Å²) in [6.07, 6.45) is 6.09. The lowest BCUT2D eigenvalue weighted by atomic mass is 10.1. The third kappa shape index (κ3) is 24.8. The van der Waals surface area contributed by atoms with E-state index in [9.17, 15) is 4.79 Å². The SMILES string of the molecule is CC(C)CC(=O)NCCOCCOCCNC(C)(C)C#N.CCCCCC. The van der Waals surface area contributed by atoms with Gasteiger partial charge in [-0.25, -0.2) is 0 Å². The van der Waals surface area contributed by atoms with Crippen molar-refractivity contribution in [3.8, 4) is 6.07 Å². The highest BCUT2D eigenvalue weighted by atomic mass is 16.5. The van der Waals surface area contributed by atoms with Gasteiger partial charge in [0, 0.05) is 19.5 Å². The van der Waals surface area contributed by atoms with E-state index in [1.54, 1.807) is 0 Å². The molecule has 0 atom stereocenters. The normalized spacial score (nSPS) is 10.9. The number of nitriles is 1. The largest absolute Gasteiger partial charge is 0.378 e. The molecule has 6 nitrogen and oxygen atoms in total. The average Bonchev–Trinajstić information content (AvgIpc) is 2.61. The number of unbranched alkanes of at least 4 members (excludes halogenated alkanes) is 3. The third-order valence-electron chi connectivity index (χ3n) is 3.58. The Labute approximate surface area is 167 Å². The maximum absolute atomic E-state index is 11.3. The van der Waals surface area contributed by atoms with Crippen LogP contribution >= 0.6 is 0 Å². The maximum Gasteiger partial charge on any atom is 0.220 e. The summed E-state index contributed by atoms with van der Waals surface area (Å²) in [4.78, 5) is 11.3. The van der Waals surface area contributed by atoms with Crippen LogP contribution in [0.15, 0.2) is 0 Å². The predicted molar refractivity (Wildman–Crippen MR) is 112 cm³/mol. The molecule has 0 saturated heterocycles. The number of carbonyl (C=O) groups is 1. The van der Waals surface area contributed by atoms with Gasteiger partial charge in [-0.3, -0.25) is 10.1 Å². The van der Waals surface area contributed by atoms with Crippen LogP contribution in [0.3, 0.4) is 0 Å². The molecule has 1 amide bonds. The molecule has 2 N–H and O–H groups in total. The average molecular weight is 386 g/mol. The van der Waals surface area contributed by atoms with E-state index >= 15 is 0 Å². The van der Waals surface area contributed by atoms with Crippen molar-refractivity contribution in [3.05, 3.63) is 0 Å². The topological polar surface area (TPSA) is 83.4 Å². The molecular weight excluding hydrogens is 342 g/mol. The smallest absolute Gasteiger partial charge is 0.220 e. The molecule has 0 aromatic heterocycles. The third-order valence-corrected chi connectivity index (χ3v) is 3.58. The van der Waals surface area contributed by atoms with Crippen molar-refractivity contribution in [2.75, 3.05) is 39.5 Å². The molecule has 6 heteroatoms. The van der Waals surface area contributed by atoms with E-state index in [1.165, 1.54) is 25.7 Å². The first-order valence-corrected chi connectivity index (χ1v) is 10.4. The lowest BCUT2D eigenvalue weighted by Gasteiger charge is -2.17. The van der Waals surface area contributed by atoms with Crippen molar-refractivity contribution in [3.63, 3.8) is 0 Å². The molecule has 0 heterocycles. The first-order chi connectivity index (χ1) is 12.8. The van der Waals surface area contributed by atoms with Crippen LogP contribution in [-0.4, -0.2) is 51.0 Å². The van der Waals surface area contributed by atoms with Gasteiger partial charge in [0.05, 0.1) is 32.5 Å². The molecule has 0 rings (SSSR count). The van der Waals surface area contributed by atoms with E-state index in [2.05, 4.69) is 30.6 Å². The van der Waals surface area contributed by atoms with Crippen LogP contribution in [0.25, 0.3) is 0 Å². The number of ether oxygens (including phenoxy) is 2. The van der Waals surface area contributed by atoms with Crippen molar-refractivity contribution in [2.24, 2.45) is 5.92 Å². The van der Waals surface area contributed by atoms with Gasteiger partial charge in [0.25, 0.3) is 0 Å². The Hall–Kier alpha value is -1.16. The molecule has 0 aliphatic rings. The maximum atomic E-state index is 11.3. The van der Waals surface area contributed by atoms with Crippen LogP contribution in [0.5, 0.6) is 0 Å². The second-order valence-corrected chi connectivity index (χ2v) is 7.54. The van der Waals surface area contributed by atoms with E-state index < -0.39 is 5.54 Å². The van der Waals surface area contributed by atoms with Crippen molar-refractivity contribution in [2.45, 2.75) is 79.2 Å². The van der Waals surface area contributed by atoms with E-state index in [0.29, 0.717) is 51.9 Å². The molecule has 0 saturated carbocycles. The van der Waals surface area contributed by atoms with Crippen LogP contribution in [0, 0.1) is 17.2 Å². The fourth-order valence-electron chi connectivity index (χ4n) is 2.00. The summed E-state index contributed by atoms with van der Waals surface area (Å²) < 4.78 is 10.7. The monoisotopic (exact) mass is 385 g/mol. The minimum absolute atomic E-state index is 0.0658. The Balaban J connectivity index is 0. The molecule has 0 radical (unpaired) electrons. The van der Waals surface area contributed by atoms with Crippen LogP contribution < -0.4 is 10.6 Å². The van der Waals surface area contributed by atoms with Crippen molar-refractivity contribution in [1.29, 1.82) is 5.26 Å². The molecule has 0 aliphatic carbocycles. The second-order valence-electron chi connectivity index (χ2n) is 7.54. The zero-order chi connectivity index (χ0) is 21.0. The lowest BCUT2D eigenvalue weighted by Crippen LogP contribution is -2.39. The van der Waals surface area contributed by atoms with Gasteiger partial charge in [-0.15, -0.1) is 0 Å². The van der Waals surface area contributed by atoms with Gasteiger partial charge in [0.1, 0.15) is 5.54 Å². The fourth-order valence-corrected chi connectivity index (χ4v) is 2.00. The highest BCUT2D eigenvalue weighted by Crippen LogP contribution is 1.98. The van der Waals surface area contributed by atoms with E-state index in [-0.39, 0.29) is 5.91 Å². The van der Waals surface area contributed by atoms with Crippen LogP contribution in [-0.2, 0) is 14.3 Å². The van der Waals surface area contributed by atoms with Gasteiger partial charge in [-0.05, 0) is 19.8 Å². The number of nitrogens with zero attached hydrogens (tertiary/aromatic N) is 1. The zero-order valence-corrected chi connectivity index (χ0v) is 18.5. The number of carbonyl (C=O) groups excluding carboxylic acids is 1. The van der Waals surface area contributed by atoms with E-state index in [0.717, 1.165) is 0 Å². The minimum atomic E-state index is -0.520. The summed E-state index contributed by atoms with van der Waals surface area (Å²) >= 11 is 0. The first-order valence-electron chi connectivity index (χ1n) is 10.4. The molecule has 0 spiro atoms. The first kappa shape index (κ1) is 28.1. The Bertz CT molecular complexity index is 375. The number of amides is 1. The highest BCUT2D eigenvalue weighted by Gasteiger charge is 2.13. The predicted octanol–water partition coefficient (Wildman–Crippen LogP) is 3.66. The Morgan fingerprint density at radius 3 is 1.96 bits per heavy atom. The van der Waals surface area contributed by atoms with Crippen LogP contribution in [0.2, 0.25) is 0 Å². The Morgan fingerprint density at radius 2 is 1.52 bits per heavy atom. The summed E-state index contributed by atoms with van der Waals surface area (Å²) in [6.45, 7) is 15.3. The molecule has 0 aromatic rings. The standard InChI is InChI=1S/C15H29N3O3.C6H14/c1-13(2)11-14(19)17-5-7-20-9-10-21-8-6-18-15(3,4)12-16;1-3-5-6-4-2/h13,18H,5-11H2,1-4H3,(H,17,19);3-6H2,1-2H3. The summed E-state index contributed by atoms with van der Waals surface area (Å²) in [7, 11) is 0. The Kier molecular flexibility index (Phi) is 20.4. The molecule has 0 aliphatic heterocycles. The number of rotatable bonds is 15. The summed E-state index contributed by atoms with van der Waals surface area (Å²) in [5.74, 6) is 0.440. The Morgan fingerprint density at radius 1 is 1.00 bits per heavy atom. The lowest BCUT2D eigenvalue weighted by molar-refractivity contribution is -0.122. The van der Waals surface area contributed by atoms with Gasteiger partial charge in [-0.2, -0.15) is 5.26 Å². The van der Waals surface area contributed by atoms with Crippen molar-refractivity contribution < 1.29 is 14.3 Å². The van der Waals surface area contributed by atoms with Gasteiger partial charge in [0.15, 0.2) is 0 Å². The molecule has 0 unspecified atom stereocenters. The molecule has 0 fully saturated rings. The second kappa shape index (κ2) is 19.6. The summed E-state index contributed by atoms with van der Waals surface area (Å²) in [5, 5.41) is 14.7. The highest BCUT2D eigenvalue weighted by molar-refractivity contribution is 5.75. The molecule has 160 valence electrons. The van der Waals surface area contributed by atoms with E-state index in [4.69, 9.17) is 14.7 Å². The van der Waals surface area contributed by atoms with Crippen molar-refractivity contribution >= 4 is 5.91 Å².